The lowest BCUT2D eigenvalue weighted by Crippen LogP contribution is -2.38. The van der Waals surface area contributed by atoms with Crippen molar-refractivity contribution in [2.24, 2.45) is 0 Å². The zero-order chi connectivity index (χ0) is 17.7. The molecule has 0 atom stereocenters. The number of hydrogen-bond acceptors (Lipinski definition) is 2. The molecular weight excluding hydrogens is 300 g/mol. The number of anilines is 1. The van der Waals surface area contributed by atoms with Crippen LogP contribution in [0.5, 0.6) is 0 Å². The molecule has 1 N–H and O–H groups in total. The highest BCUT2D eigenvalue weighted by atomic mass is 16.2. The van der Waals surface area contributed by atoms with E-state index in [2.05, 4.69) is 31.3 Å². The topological polar surface area (TPSA) is 49.4 Å². The van der Waals surface area contributed by atoms with Gasteiger partial charge in [-0.25, -0.2) is 0 Å². The van der Waals surface area contributed by atoms with E-state index in [1.54, 1.807) is 29.2 Å². The minimum atomic E-state index is -0.137. The summed E-state index contributed by atoms with van der Waals surface area (Å²) in [5.74, 6) is -0.163. The Morgan fingerprint density at radius 1 is 1.00 bits per heavy atom. The molecule has 0 spiro atoms. The largest absolute Gasteiger partial charge is 0.341 e. The summed E-state index contributed by atoms with van der Waals surface area (Å²) in [6.07, 6.45) is 0. The first kappa shape index (κ1) is 17.7. The molecule has 0 radical (unpaired) electrons. The molecule has 0 bridgehead atoms. The Bertz CT molecular complexity index is 706. The van der Waals surface area contributed by atoms with Crippen LogP contribution in [-0.2, 0) is 10.2 Å². The van der Waals surface area contributed by atoms with Gasteiger partial charge in [0.15, 0.2) is 0 Å². The smallest absolute Gasteiger partial charge is 0.253 e. The van der Waals surface area contributed by atoms with Crippen LogP contribution >= 0.6 is 0 Å². The average Bonchev–Trinajstić information content (AvgIpc) is 2.55. The summed E-state index contributed by atoms with van der Waals surface area (Å²) >= 11 is 0. The van der Waals surface area contributed by atoms with E-state index in [0.29, 0.717) is 17.8 Å². The standard InChI is InChI=1S/C20H24N2O2/c1-15(23)21-18-12-10-16(11-13-18)19(24)22(4)14-20(2,3)17-8-6-5-7-9-17/h5-13H,14H2,1-4H3,(H,21,23). The van der Waals surface area contributed by atoms with Crippen molar-refractivity contribution in [2.75, 3.05) is 18.9 Å². The second kappa shape index (κ2) is 7.30. The van der Waals surface area contributed by atoms with Crippen molar-refractivity contribution in [1.29, 1.82) is 0 Å². The lowest BCUT2D eigenvalue weighted by molar-refractivity contribution is -0.114. The summed E-state index contributed by atoms with van der Waals surface area (Å²) in [5, 5.41) is 2.70. The number of nitrogens with one attached hydrogen (secondary N) is 1. The number of nitrogens with zero attached hydrogens (tertiary/aromatic N) is 1. The van der Waals surface area contributed by atoms with Gasteiger partial charge in [-0.2, -0.15) is 0 Å². The van der Waals surface area contributed by atoms with Crippen molar-refractivity contribution in [3.63, 3.8) is 0 Å². The second-order valence-electron chi connectivity index (χ2n) is 6.67. The number of rotatable bonds is 5. The number of benzene rings is 2. The van der Waals surface area contributed by atoms with Crippen molar-refractivity contribution in [3.05, 3.63) is 65.7 Å². The lowest BCUT2D eigenvalue weighted by Gasteiger charge is -2.31. The minimum absolute atomic E-state index is 0.0339. The quantitative estimate of drug-likeness (QED) is 0.912. The molecule has 0 heterocycles. The van der Waals surface area contributed by atoms with Gasteiger partial charge in [0.25, 0.3) is 5.91 Å². The maximum Gasteiger partial charge on any atom is 0.253 e. The molecule has 2 amide bonds. The Labute approximate surface area is 143 Å². The van der Waals surface area contributed by atoms with E-state index in [1.165, 1.54) is 12.5 Å². The summed E-state index contributed by atoms with van der Waals surface area (Å²) in [6.45, 7) is 6.33. The molecule has 0 fully saturated rings. The number of likely N-dealkylation sites (N-methyl/N-ethyl adjacent to an activating group) is 1. The molecule has 4 heteroatoms. The van der Waals surface area contributed by atoms with E-state index >= 15 is 0 Å². The molecule has 0 aliphatic carbocycles. The minimum Gasteiger partial charge on any atom is -0.341 e. The van der Waals surface area contributed by atoms with E-state index in [9.17, 15) is 9.59 Å². The third kappa shape index (κ3) is 4.44. The molecule has 0 aliphatic heterocycles. The van der Waals surface area contributed by atoms with Crippen molar-refractivity contribution >= 4 is 17.5 Å². The van der Waals surface area contributed by atoms with Gasteiger partial charge < -0.3 is 10.2 Å². The molecule has 0 aliphatic rings. The first-order valence-electron chi connectivity index (χ1n) is 7.98. The van der Waals surface area contributed by atoms with Gasteiger partial charge in [0, 0.05) is 37.2 Å². The van der Waals surface area contributed by atoms with Gasteiger partial charge in [0.05, 0.1) is 0 Å². The van der Waals surface area contributed by atoms with Crippen LogP contribution in [0.2, 0.25) is 0 Å². The Morgan fingerprint density at radius 2 is 1.58 bits per heavy atom. The maximum atomic E-state index is 12.6. The third-order valence-electron chi connectivity index (χ3n) is 3.99. The molecule has 2 rings (SSSR count). The van der Waals surface area contributed by atoms with E-state index in [4.69, 9.17) is 0 Å². The van der Waals surface area contributed by atoms with Crippen LogP contribution in [0.3, 0.4) is 0 Å². The predicted molar refractivity (Wildman–Crippen MR) is 97.2 cm³/mol. The van der Waals surface area contributed by atoms with Gasteiger partial charge in [-0.1, -0.05) is 44.2 Å². The van der Waals surface area contributed by atoms with Gasteiger partial charge in [-0.3, -0.25) is 9.59 Å². The predicted octanol–water partition coefficient (Wildman–Crippen LogP) is 3.69. The SMILES string of the molecule is CC(=O)Nc1ccc(C(=O)N(C)CC(C)(C)c2ccccc2)cc1. The third-order valence-corrected chi connectivity index (χ3v) is 3.99. The molecule has 126 valence electrons. The fourth-order valence-electron chi connectivity index (χ4n) is 2.77. The summed E-state index contributed by atoms with van der Waals surface area (Å²) in [7, 11) is 1.81. The summed E-state index contributed by atoms with van der Waals surface area (Å²) < 4.78 is 0. The van der Waals surface area contributed by atoms with E-state index < -0.39 is 0 Å². The molecule has 0 unspecified atom stereocenters. The Kier molecular flexibility index (Phi) is 5.39. The molecule has 4 nitrogen and oxygen atoms in total. The van der Waals surface area contributed by atoms with Gasteiger partial charge in [-0.15, -0.1) is 0 Å². The molecule has 24 heavy (non-hydrogen) atoms. The first-order valence-corrected chi connectivity index (χ1v) is 7.98. The lowest BCUT2D eigenvalue weighted by atomic mass is 9.84. The Balaban J connectivity index is 2.07. The van der Waals surface area contributed by atoms with Crippen LogP contribution in [0.4, 0.5) is 5.69 Å². The highest BCUT2D eigenvalue weighted by Crippen LogP contribution is 2.24. The molecule has 0 aromatic heterocycles. The van der Waals surface area contributed by atoms with Crippen LogP contribution < -0.4 is 5.32 Å². The molecule has 0 saturated carbocycles. The number of carbonyl (C=O) groups excluding carboxylic acids is 2. The van der Waals surface area contributed by atoms with Crippen molar-refractivity contribution in [3.8, 4) is 0 Å². The Morgan fingerprint density at radius 3 is 2.12 bits per heavy atom. The summed E-state index contributed by atoms with van der Waals surface area (Å²) in [6, 6.07) is 17.1. The number of carbonyl (C=O) groups is 2. The van der Waals surface area contributed by atoms with Gasteiger partial charge in [-0.05, 0) is 29.8 Å². The van der Waals surface area contributed by atoms with Crippen molar-refractivity contribution in [2.45, 2.75) is 26.2 Å². The van der Waals surface area contributed by atoms with Crippen LogP contribution in [0.1, 0.15) is 36.7 Å². The fraction of sp³-hybridized carbons (Fsp3) is 0.300. The second-order valence-corrected chi connectivity index (χ2v) is 6.67. The number of hydrogen-bond donors (Lipinski definition) is 1. The maximum absolute atomic E-state index is 12.6. The summed E-state index contributed by atoms with van der Waals surface area (Å²) in [5.41, 5.74) is 2.36. The zero-order valence-electron chi connectivity index (χ0n) is 14.7. The van der Waals surface area contributed by atoms with Crippen molar-refractivity contribution < 1.29 is 9.59 Å². The average molecular weight is 324 g/mol. The van der Waals surface area contributed by atoms with Crippen LogP contribution in [0.25, 0.3) is 0 Å². The molecular formula is C20H24N2O2. The zero-order valence-corrected chi connectivity index (χ0v) is 14.7. The van der Waals surface area contributed by atoms with Crippen molar-refractivity contribution in [1.82, 2.24) is 4.90 Å². The molecule has 0 saturated heterocycles. The number of amides is 2. The fourth-order valence-corrected chi connectivity index (χ4v) is 2.77. The Hall–Kier alpha value is -2.62. The van der Waals surface area contributed by atoms with E-state index in [-0.39, 0.29) is 17.2 Å². The van der Waals surface area contributed by atoms with Crippen LogP contribution in [0, 0.1) is 0 Å². The van der Waals surface area contributed by atoms with Gasteiger partial charge >= 0.3 is 0 Å². The summed E-state index contributed by atoms with van der Waals surface area (Å²) in [4.78, 5) is 25.4. The normalized spacial score (nSPS) is 11.0. The molecule has 2 aromatic carbocycles. The highest BCUT2D eigenvalue weighted by Gasteiger charge is 2.25. The van der Waals surface area contributed by atoms with Crippen LogP contribution in [0.15, 0.2) is 54.6 Å². The van der Waals surface area contributed by atoms with E-state index in [0.717, 1.165) is 0 Å². The van der Waals surface area contributed by atoms with Gasteiger partial charge in [0.2, 0.25) is 5.91 Å². The van der Waals surface area contributed by atoms with Crippen LogP contribution in [-0.4, -0.2) is 30.3 Å². The molecule has 2 aromatic rings. The van der Waals surface area contributed by atoms with E-state index in [1.807, 2.05) is 25.2 Å². The monoisotopic (exact) mass is 324 g/mol. The first-order chi connectivity index (χ1) is 11.3. The van der Waals surface area contributed by atoms with Gasteiger partial charge in [0.1, 0.15) is 0 Å². The highest BCUT2D eigenvalue weighted by molar-refractivity contribution is 5.95.